The average molecular weight is 499 g/mol. The normalized spacial score (nSPS) is 16.9. The number of carbonyl (C=O) groups excluding carboxylic acids is 1. The maximum absolute atomic E-state index is 12.6. The van der Waals surface area contributed by atoms with Gasteiger partial charge in [-0.2, -0.15) is 0 Å². The van der Waals surface area contributed by atoms with E-state index < -0.39 is 9.89 Å². The number of benzene rings is 2. The van der Waals surface area contributed by atoms with Crippen LogP contribution in [-0.2, 0) is 11.2 Å². The molecule has 0 bridgehead atoms. The molecule has 4 nitrogen and oxygen atoms in total. The zero-order valence-corrected chi connectivity index (χ0v) is 19.3. The first-order valence-corrected chi connectivity index (χ1v) is 10.4. The first-order chi connectivity index (χ1) is 13.3. The van der Waals surface area contributed by atoms with Crippen molar-refractivity contribution >= 4 is 70.6 Å². The first-order valence-electron chi connectivity index (χ1n) is 8.86. The van der Waals surface area contributed by atoms with Gasteiger partial charge in [0.05, 0.1) is 6.04 Å². The van der Waals surface area contributed by atoms with E-state index in [0.29, 0.717) is 31.1 Å². The summed E-state index contributed by atoms with van der Waals surface area (Å²) >= 11 is 23.1. The van der Waals surface area contributed by atoms with Crippen molar-refractivity contribution in [2.24, 2.45) is 0 Å². The van der Waals surface area contributed by atoms with E-state index in [1.807, 2.05) is 54.6 Å². The molecule has 0 saturated carbocycles. The maximum atomic E-state index is 12.6. The van der Waals surface area contributed by atoms with Crippen LogP contribution in [0.3, 0.4) is 0 Å². The Morgan fingerprint density at radius 2 is 1.69 bits per heavy atom. The molecule has 0 spiro atoms. The van der Waals surface area contributed by atoms with Gasteiger partial charge in [0.25, 0.3) is 0 Å². The van der Waals surface area contributed by atoms with Crippen molar-refractivity contribution in [2.75, 3.05) is 31.1 Å². The number of alkyl halides is 3. The molecule has 1 fully saturated rings. The van der Waals surface area contributed by atoms with Gasteiger partial charge in [0, 0.05) is 30.3 Å². The van der Waals surface area contributed by atoms with E-state index in [0.717, 1.165) is 11.3 Å². The summed E-state index contributed by atoms with van der Waals surface area (Å²) < 4.78 is 3.60. The fourth-order valence-corrected chi connectivity index (χ4v) is 3.56. The minimum absolute atomic E-state index is 0. The van der Waals surface area contributed by atoms with Crippen molar-refractivity contribution in [3.05, 3.63) is 65.2 Å². The molecular formula is C20H21Cl5N2O2. The van der Waals surface area contributed by atoms with E-state index in [1.54, 1.807) is 4.90 Å². The quantitative estimate of drug-likeness (QED) is 0.485. The molecule has 2 aromatic rings. The highest BCUT2D eigenvalue weighted by atomic mass is 35.6. The average Bonchev–Trinajstić information content (AvgIpc) is 2.67. The van der Waals surface area contributed by atoms with Gasteiger partial charge in [-0.1, -0.05) is 76.7 Å². The number of piperazine rings is 1. The molecule has 1 unspecified atom stereocenters. The van der Waals surface area contributed by atoms with Crippen molar-refractivity contribution in [3.63, 3.8) is 0 Å². The Morgan fingerprint density at radius 1 is 1.03 bits per heavy atom. The van der Waals surface area contributed by atoms with Crippen molar-refractivity contribution in [2.45, 2.75) is 16.3 Å². The molecule has 0 aromatic heterocycles. The Bertz CT molecular complexity index is 784. The molecule has 2 aromatic carbocycles. The zero-order valence-electron chi connectivity index (χ0n) is 15.4. The number of nitrogens with zero attached hydrogens (tertiary/aromatic N) is 2. The third kappa shape index (κ3) is 7.30. The van der Waals surface area contributed by atoms with Gasteiger partial charge in [-0.15, -0.1) is 12.4 Å². The van der Waals surface area contributed by atoms with Gasteiger partial charge < -0.3 is 14.5 Å². The van der Waals surface area contributed by atoms with E-state index in [-0.39, 0.29) is 25.1 Å². The first kappa shape index (κ1) is 24.2. The number of carbonyl (C=O) groups is 1. The fraction of sp³-hybridized carbons (Fsp3) is 0.350. The summed E-state index contributed by atoms with van der Waals surface area (Å²) in [7, 11) is 0. The van der Waals surface area contributed by atoms with E-state index in [1.165, 1.54) is 0 Å². The van der Waals surface area contributed by atoms with Crippen LogP contribution in [0.2, 0.25) is 5.02 Å². The summed E-state index contributed by atoms with van der Waals surface area (Å²) in [6.45, 7) is 1.57. The zero-order chi connectivity index (χ0) is 20.1. The van der Waals surface area contributed by atoms with Gasteiger partial charge in [-0.25, -0.2) is 4.79 Å². The summed E-state index contributed by atoms with van der Waals surface area (Å²) in [6, 6.07) is 17.7. The smallest absolute Gasteiger partial charge is 0.410 e. The predicted octanol–water partition coefficient (Wildman–Crippen LogP) is 6.00. The molecule has 1 amide bonds. The van der Waals surface area contributed by atoms with Crippen LogP contribution in [0, 0.1) is 0 Å². The van der Waals surface area contributed by atoms with Crippen molar-refractivity contribution in [3.8, 4) is 0 Å². The van der Waals surface area contributed by atoms with E-state index >= 15 is 0 Å². The van der Waals surface area contributed by atoms with E-state index in [4.69, 9.17) is 51.1 Å². The Hall–Kier alpha value is -1.04. The van der Waals surface area contributed by atoms with Gasteiger partial charge in [-0.3, -0.25) is 0 Å². The third-order valence-corrected chi connectivity index (χ3v) is 5.16. The number of halogens is 5. The second-order valence-electron chi connectivity index (χ2n) is 6.63. The van der Waals surface area contributed by atoms with Crippen LogP contribution >= 0.6 is 58.8 Å². The number of hydrogen-bond donors (Lipinski definition) is 0. The number of ether oxygens (including phenoxy) is 1. The molecule has 1 saturated heterocycles. The Kier molecular flexibility index (Phi) is 9.05. The standard InChI is InChI=1S/C20H20Cl4N2O2.ClH/c21-16-6-8-17(9-7-16)25-10-11-26(19(27)28-14-20(22,23)24)18(13-25)12-15-4-2-1-3-5-15;/h1-9,18H,10-14H2;1H. The highest BCUT2D eigenvalue weighted by Crippen LogP contribution is 2.27. The Labute approximate surface area is 197 Å². The van der Waals surface area contributed by atoms with E-state index in [2.05, 4.69) is 4.90 Å². The van der Waals surface area contributed by atoms with Crippen molar-refractivity contribution in [1.82, 2.24) is 4.90 Å². The van der Waals surface area contributed by atoms with Gasteiger partial charge in [0.2, 0.25) is 3.79 Å². The Morgan fingerprint density at radius 3 is 2.31 bits per heavy atom. The van der Waals surface area contributed by atoms with E-state index in [9.17, 15) is 4.79 Å². The third-order valence-electron chi connectivity index (χ3n) is 4.58. The number of anilines is 1. The van der Waals surface area contributed by atoms with Crippen molar-refractivity contribution < 1.29 is 9.53 Å². The molecule has 9 heteroatoms. The predicted molar refractivity (Wildman–Crippen MR) is 123 cm³/mol. The van der Waals surface area contributed by atoms with Gasteiger partial charge in [-0.05, 0) is 36.2 Å². The lowest BCUT2D eigenvalue weighted by Crippen LogP contribution is -2.56. The summed E-state index contributed by atoms with van der Waals surface area (Å²) in [5.41, 5.74) is 2.21. The lowest BCUT2D eigenvalue weighted by atomic mass is 10.0. The summed E-state index contributed by atoms with van der Waals surface area (Å²) in [6.07, 6.45) is 0.233. The topological polar surface area (TPSA) is 32.8 Å². The molecule has 158 valence electrons. The number of hydrogen-bond acceptors (Lipinski definition) is 3. The highest BCUT2D eigenvalue weighted by molar-refractivity contribution is 6.67. The second-order valence-corrected chi connectivity index (χ2v) is 9.58. The maximum Gasteiger partial charge on any atom is 0.410 e. The minimum Gasteiger partial charge on any atom is -0.445 e. The number of rotatable bonds is 4. The molecule has 1 atom stereocenters. The Balaban J connectivity index is 0.00000300. The van der Waals surface area contributed by atoms with Crippen LogP contribution in [0.25, 0.3) is 0 Å². The van der Waals surface area contributed by atoms with Crippen LogP contribution in [0.1, 0.15) is 5.56 Å². The monoisotopic (exact) mass is 496 g/mol. The summed E-state index contributed by atoms with van der Waals surface area (Å²) in [4.78, 5) is 16.6. The van der Waals surface area contributed by atoms with Crippen LogP contribution in [-0.4, -0.2) is 47.1 Å². The fourth-order valence-electron chi connectivity index (χ4n) is 3.27. The molecule has 1 aliphatic rings. The molecule has 29 heavy (non-hydrogen) atoms. The molecule has 3 rings (SSSR count). The van der Waals surface area contributed by atoms with Crippen LogP contribution in [0.15, 0.2) is 54.6 Å². The molecule has 0 aliphatic carbocycles. The molecule has 0 radical (unpaired) electrons. The van der Waals surface area contributed by atoms with Crippen molar-refractivity contribution in [1.29, 1.82) is 0 Å². The minimum atomic E-state index is -1.63. The SMILES string of the molecule is Cl.O=C(OCC(Cl)(Cl)Cl)N1CCN(c2ccc(Cl)cc2)CC1Cc1ccccc1. The van der Waals surface area contributed by atoms with Crippen LogP contribution < -0.4 is 4.90 Å². The van der Waals surface area contributed by atoms with Gasteiger partial charge in [0.15, 0.2) is 0 Å². The second kappa shape index (κ2) is 10.8. The number of amides is 1. The molecular weight excluding hydrogens is 477 g/mol. The summed E-state index contributed by atoms with van der Waals surface area (Å²) in [5, 5.41) is 0.693. The summed E-state index contributed by atoms with van der Waals surface area (Å²) in [5.74, 6) is 0. The van der Waals surface area contributed by atoms with Gasteiger partial charge >= 0.3 is 6.09 Å². The van der Waals surface area contributed by atoms with Crippen LogP contribution in [0.5, 0.6) is 0 Å². The lowest BCUT2D eigenvalue weighted by Gasteiger charge is -2.42. The van der Waals surface area contributed by atoms with Crippen LogP contribution in [0.4, 0.5) is 10.5 Å². The lowest BCUT2D eigenvalue weighted by molar-refractivity contribution is 0.0828. The molecule has 0 N–H and O–H groups in total. The molecule has 1 heterocycles. The molecule has 1 aliphatic heterocycles. The highest BCUT2D eigenvalue weighted by Gasteiger charge is 2.33. The van der Waals surface area contributed by atoms with Gasteiger partial charge in [0.1, 0.15) is 6.61 Å². The largest absolute Gasteiger partial charge is 0.445 e.